The molecule has 1 saturated heterocycles. The molecule has 1 aromatic heterocycles. The molecular formula is C17H21N3O5S. The van der Waals surface area contributed by atoms with E-state index in [0.29, 0.717) is 5.69 Å². The summed E-state index contributed by atoms with van der Waals surface area (Å²) < 4.78 is 37.9. The fourth-order valence-electron chi connectivity index (χ4n) is 2.86. The number of carbonyl (C=O) groups excluding carboxylic acids is 1. The third-order valence-electron chi connectivity index (χ3n) is 4.21. The second-order valence-corrected chi connectivity index (χ2v) is 7.98. The summed E-state index contributed by atoms with van der Waals surface area (Å²) in [6, 6.07) is 7.58. The Morgan fingerprint density at radius 2 is 1.92 bits per heavy atom. The van der Waals surface area contributed by atoms with Crippen LogP contribution in [0.3, 0.4) is 0 Å². The van der Waals surface area contributed by atoms with Crippen LogP contribution in [0.4, 0.5) is 5.69 Å². The first kappa shape index (κ1) is 18.6. The summed E-state index contributed by atoms with van der Waals surface area (Å²) in [4.78, 5) is 13.8. The lowest BCUT2D eigenvalue weighted by atomic mass is 10.2. The SMILES string of the molecule is Cc1ccc(N2CC(CNS(=O)(=O)c3c(C)noc3C)OCC2=O)cc1. The second-order valence-electron chi connectivity index (χ2n) is 6.28. The highest BCUT2D eigenvalue weighted by atomic mass is 32.2. The third kappa shape index (κ3) is 3.79. The lowest BCUT2D eigenvalue weighted by Gasteiger charge is -2.32. The number of carbonyl (C=O) groups is 1. The van der Waals surface area contributed by atoms with E-state index in [1.807, 2.05) is 31.2 Å². The van der Waals surface area contributed by atoms with Crippen LogP contribution >= 0.6 is 0 Å². The van der Waals surface area contributed by atoms with Crippen LogP contribution in [-0.2, 0) is 19.6 Å². The molecule has 2 heterocycles. The van der Waals surface area contributed by atoms with Gasteiger partial charge in [0.05, 0.1) is 12.6 Å². The molecule has 3 rings (SSSR count). The summed E-state index contributed by atoms with van der Waals surface area (Å²) in [5, 5.41) is 3.67. The van der Waals surface area contributed by atoms with E-state index in [0.717, 1.165) is 11.3 Å². The first-order valence-corrected chi connectivity index (χ1v) is 9.67. The highest BCUT2D eigenvalue weighted by Crippen LogP contribution is 2.21. The number of benzene rings is 1. The number of sulfonamides is 1. The Morgan fingerprint density at radius 3 is 2.54 bits per heavy atom. The summed E-state index contributed by atoms with van der Waals surface area (Å²) in [6.45, 7) is 5.31. The van der Waals surface area contributed by atoms with Crippen molar-refractivity contribution in [2.24, 2.45) is 0 Å². The number of anilines is 1. The number of aromatic nitrogens is 1. The lowest BCUT2D eigenvalue weighted by molar-refractivity contribution is -0.129. The second kappa shape index (κ2) is 7.18. The number of morpholine rings is 1. The minimum atomic E-state index is -3.77. The molecule has 0 saturated carbocycles. The molecule has 9 heteroatoms. The molecule has 140 valence electrons. The fourth-order valence-corrected chi connectivity index (χ4v) is 4.25. The van der Waals surface area contributed by atoms with Crippen LogP contribution < -0.4 is 9.62 Å². The highest BCUT2D eigenvalue weighted by Gasteiger charge is 2.30. The van der Waals surface area contributed by atoms with Gasteiger partial charge in [0.1, 0.15) is 17.2 Å². The molecule has 0 aliphatic carbocycles. The number of ether oxygens (including phenoxy) is 1. The van der Waals surface area contributed by atoms with Gasteiger partial charge in [-0.3, -0.25) is 4.79 Å². The van der Waals surface area contributed by atoms with Gasteiger partial charge in [0.15, 0.2) is 5.76 Å². The molecule has 1 fully saturated rings. The first-order chi connectivity index (χ1) is 12.3. The van der Waals surface area contributed by atoms with Crippen LogP contribution in [0, 0.1) is 20.8 Å². The average Bonchev–Trinajstić information content (AvgIpc) is 2.94. The Labute approximate surface area is 152 Å². The highest BCUT2D eigenvalue weighted by molar-refractivity contribution is 7.89. The van der Waals surface area contributed by atoms with Crippen molar-refractivity contribution in [3.8, 4) is 0 Å². The largest absolute Gasteiger partial charge is 0.365 e. The molecule has 26 heavy (non-hydrogen) atoms. The zero-order valence-electron chi connectivity index (χ0n) is 14.9. The molecule has 1 amide bonds. The molecular weight excluding hydrogens is 358 g/mol. The van der Waals surface area contributed by atoms with Gasteiger partial charge in [0, 0.05) is 12.2 Å². The van der Waals surface area contributed by atoms with Crippen LogP contribution in [0.1, 0.15) is 17.0 Å². The number of rotatable bonds is 5. The van der Waals surface area contributed by atoms with Crippen LogP contribution in [0.25, 0.3) is 0 Å². The molecule has 2 aromatic rings. The monoisotopic (exact) mass is 379 g/mol. The van der Waals surface area contributed by atoms with Gasteiger partial charge in [-0.05, 0) is 32.9 Å². The lowest BCUT2D eigenvalue weighted by Crippen LogP contribution is -2.50. The maximum Gasteiger partial charge on any atom is 0.253 e. The van der Waals surface area contributed by atoms with Gasteiger partial charge in [-0.2, -0.15) is 0 Å². The Hall–Kier alpha value is -2.23. The van der Waals surface area contributed by atoms with Crippen molar-refractivity contribution in [2.75, 3.05) is 24.6 Å². The number of nitrogens with zero attached hydrogens (tertiary/aromatic N) is 2. The van der Waals surface area contributed by atoms with E-state index < -0.39 is 16.1 Å². The van der Waals surface area contributed by atoms with E-state index in [2.05, 4.69) is 9.88 Å². The number of nitrogens with one attached hydrogen (secondary N) is 1. The van der Waals surface area contributed by atoms with Gasteiger partial charge in [-0.25, -0.2) is 13.1 Å². The normalized spacial score (nSPS) is 18.3. The van der Waals surface area contributed by atoms with Gasteiger partial charge in [0.2, 0.25) is 10.0 Å². The van der Waals surface area contributed by atoms with Crippen LogP contribution in [0.5, 0.6) is 0 Å². The molecule has 1 atom stereocenters. The molecule has 0 bridgehead atoms. The van der Waals surface area contributed by atoms with Crippen molar-refractivity contribution in [3.05, 3.63) is 41.3 Å². The fraction of sp³-hybridized carbons (Fsp3) is 0.412. The van der Waals surface area contributed by atoms with Crippen molar-refractivity contribution in [1.29, 1.82) is 0 Å². The van der Waals surface area contributed by atoms with Gasteiger partial charge in [0.25, 0.3) is 5.91 Å². The molecule has 1 aromatic carbocycles. The van der Waals surface area contributed by atoms with E-state index in [4.69, 9.17) is 9.26 Å². The number of hydrogen-bond acceptors (Lipinski definition) is 6. The Balaban J connectivity index is 1.69. The van der Waals surface area contributed by atoms with Crippen molar-refractivity contribution < 1.29 is 22.5 Å². The Kier molecular flexibility index (Phi) is 5.12. The van der Waals surface area contributed by atoms with Crippen LogP contribution in [-0.4, -0.2) is 45.3 Å². The standard InChI is InChI=1S/C17H21N3O5S/c1-11-4-6-14(7-5-11)20-9-15(24-10-16(20)21)8-18-26(22,23)17-12(2)19-25-13(17)3/h4-7,15,18H,8-10H2,1-3H3. The quantitative estimate of drug-likeness (QED) is 0.840. The van der Waals surface area contributed by atoms with E-state index in [1.54, 1.807) is 18.7 Å². The van der Waals surface area contributed by atoms with E-state index in [-0.39, 0.29) is 36.3 Å². The van der Waals surface area contributed by atoms with Crippen molar-refractivity contribution in [2.45, 2.75) is 31.8 Å². The van der Waals surface area contributed by atoms with Gasteiger partial charge >= 0.3 is 0 Å². The minimum Gasteiger partial charge on any atom is -0.365 e. The van der Waals surface area contributed by atoms with Crippen LogP contribution in [0.2, 0.25) is 0 Å². The van der Waals surface area contributed by atoms with Crippen LogP contribution in [0.15, 0.2) is 33.7 Å². The van der Waals surface area contributed by atoms with Crippen molar-refractivity contribution >= 4 is 21.6 Å². The topological polar surface area (TPSA) is 102 Å². The number of amides is 1. The Bertz CT molecular complexity index is 885. The zero-order chi connectivity index (χ0) is 18.9. The van der Waals surface area contributed by atoms with E-state index in [1.165, 1.54) is 0 Å². The molecule has 0 spiro atoms. The van der Waals surface area contributed by atoms with Gasteiger partial charge in [-0.1, -0.05) is 22.9 Å². The minimum absolute atomic E-state index is 0.0415. The molecule has 1 N–H and O–H groups in total. The smallest absolute Gasteiger partial charge is 0.253 e. The summed E-state index contributed by atoms with van der Waals surface area (Å²) in [5.41, 5.74) is 2.16. The molecule has 0 radical (unpaired) electrons. The molecule has 1 aliphatic rings. The third-order valence-corrected chi connectivity index (χ3v) is 5.88. The summed E-state index contributed by atoms with van der Waals surface area (Å²) in [5.74, 6) is 0.0784. The van der Waals surface area contributed by atoms with E-state index >= 15 is 0 Å². The maximum atomic E-state index is 12.5. The van der Waals surface area contributed by atoms with Crippen molar-refractivity contribution in [3.63, 3.8) is 0 Å². The van der Waals surface area contributed by atoms with Gasteiger partial charge < -0.3 is 14.2 Å². The average molecular weight is 379 g/mol. The van der Waals surface area contributed by atoms with Gasteiger partial charge in [-0.15, -0.1) is 0 Å². The number of hydrogen-bond donors (Lipinski definition) is 1. The predicted molar refractivity (Wildman–Crippen MR) is 94.4 cm³/mol. The number of aryl methyl sites for hydroxylation is 3. The molecule has 1 unspecified atom stereocenters. The Morgan fingerprint density at radius 1 is 1.23 bits per heavy atom. The maximum absolute atomic E-state index is 12.5. The summed E-state index contributed by atoms with van der Waals surface area (Å²) in [6.07, 6.45) is -0.454. The first-order valence-electron chi connectivity index (χ1n) is 8.19. The zero-order valence-corrected chi connectivity index (χ0v) is 15.7. The predicted octanol–water partition coefficient (Wildman–Crippen LogP) is 1.31. The summed E-state index contributed by atoms with van der Waals surface area (Å²) in [7, 11) is -3.77. The van der Waals surface area contributed by atoms with Crippen molar-refractivity contribution in [1.82, 2.24) is 9.88 Å². The molecule has 8 nitrogen and oxygen atoms in total. The summed E-state index contributed by atoms with van der Waals surface area (Å²) >= 11 is 0. The molecule has 1 aliphatic heterocycles. The van der Waals surface area contributed by atoms with E-state index in [9.17, 15) is 13.2 Å².